The molecule has 0 aliphatic heterocycles. The van der Waals surface area contributed by atoms with Gasteiger partial charge in [-0.2, -0.15) is 0 Å². The Kier molecular flexibility index (Phi) is 5.20. The Morgan fingerprint density at radius 2 is 1.94 bits per heavy atom. The lowest BCUT2D eigenvalue weighted by atomic mass is 9.99. The summed E-state index contributed by atoms with van der Waals surface area (Å²) in [6.45, 7) is 8.33. The van der Waals surface area contributed by atoms with Crippen molar-refractivity contribution in [2.24, 2.45) is 5.92 Å². The van der Waals surface area contributed by atoms with Gasteiger partial charge in [0.05, 0.1) is 0 Å². The lowest BCUT2D eigenvalue weighted by molar-refractivity contribution is -0.120. The number of nitrogens with one attached hydrogen (secondary N) is 1. The van der Waals surface area contributed by atoms with Crippen molar-refractivity contribution in [3.8, 4) is 0 Å². The minimum atomic E-state index is 0.140. The van der Waals surface area contributed by atoms with Crippen LogP contribution in [-0.2, 0) is 4.79 Å². The Hall–Kier alpha value is -1.31. The third kappa shape index (κ3) is 3.88. The minimum absolute atomic E-state index is 0.140. The topological polar surface area (TPSA) is 29.1 Å². The zero-order valence-corrected chi connectivity index (χ0v) is 11.3. The molecule has 1 unspecified atom stereocenters. The van der Waals surface area contributed by atoms with Crippen LogP contribution in [0.25, 0.3) is 0 Å². The average Bonchev–Trinajstić information content (AvgIpc) is 2.30. The first kappa shape index (κ1) is 13.8. The number of benzene rings is 1. The fraction of sp³-hybridized carbons (Fsp3) is 0.533. The Balaban J connectivity index is 2.69. The Labute approximate surface area is 104 Å². The number of hydrogen-bond acceptors (Lipinski definition) is 1. The van der Waals surface area contributed by atoms with Crippen molar-refractivity contribution in [2.45, 2.75) is 47.0 Å². The Morgan fingerprint density at radius 3 is 2.47 bits per heavy atom. The van der Waals surface area contributed by atoms with Crippen molar-refractivity contribution in [3.63, 3.8) is 0 Å². The smallest absolute Gasteiger partial charge is 0.227 e. The number of hydrogen-bond donors (Lipinski definition) is 1. The lowest BCUT2D eigenvalue weighted by Crippen LogP contribution is -2.22. The molecule has 0 radical (unpaired) electrons. The summed E-state index contributed by atoms with van der Waals surface area (Å²) < 4.78 is 0. The van der Waals surface area contributed by atoms with Gasteiger partial charge in [0, 0.05) is 11.6 Å². The van der Waals surface area contributed by atoms with Crippen molar-refractivity contribution in [1.82, 2.24) is 0 Å². The van der Waals surface area contributed by atoms with Crippen LogP contribution in [0.3, 0.4) is 0 Å². The van der Waals surface area contributed by atoms with Gasteiger partial charge in [-0.3, -0.25) is 4.79 Å². The maximum Gasteiger partial charge on any atom is 0.227 e. The zero-order chi connectivity index (χ0) is 12.8. The van der Waals surface area contributed by atoms with Crippen molar-refractivity contribution >= 4 is 11.6 Å². The van der Waals surface area contributed by atoms with Crippen LogP contribution >= 0.6 is 0 Å². The van der Waals surface area contributed by atoms with Gasteiger partial charge in [-0.1, -0.05) is 26.3 Å². The largest absolute Gasteiger partial charge is 0.326 e. The minimum Gasteiger partial charge on any atom is -0.326 e. The molecule has 2 nitrogen and oxygen atoms in total. The highest BCUT2D eigenvalue weighted by molar-refractivity contribution is 5.92. The summed E-state index contributed by atoms with van der Waals surface area (Å²) in [5, 5.41) is 3.01. The monoisotopic (exact) mass is 233 g/mol. The number of rotatable bonds is 5. The molecule has 0 heterocycles. The molecule has 1 rings (SSSR count). The standard InChI is InChI=1S/C15H23NO/c1-5-7-13(6-2)15(17)16-14-9-8-11(3)12(4)10-14/h8-10,13H,5-7H2,1-4H3,(H,16,17). The van der Waals surface area contributed by atoms with E-state index in [1.165, 1.54) is 11.1 Å². The van der Waals surface area contributed by atoms with Gasteiger partial charge < -0.3 is 5.32 Å². The Morgan fingerprint density at radius 1 is 1.24 bits per heavy atom. The predicted molar refractivity (Wildman–Crippen MR) is 73.2 cm³/mol. The second-order valence-corrected chi connectivity index (χ2v) is 4.68. The van der Waals surface area contributed by atoms with E-state index in [1.54, 1.807) is 0 Å². The second kappa shape index (κ2) is 6.43. The number of carbonyl (C=O) groups excluding carboxylic acids is 1. The van der Waals surface area contributed by atoms with Crippen LogP contribution in [0.5, 0.6) is 0 Å². The zero-order valence-electron chi connectivity index (χ0n) is 11.3. The summed E-state index contributed by atoms with van der Waals surface area (Å²) in [6.07, 6.45) is 2.93. The summed E-state index contributed by atoms with van der Waals surface area (Å²) in [5.41, 5.74) is 3.38. The molecule has 2 heteroatoms. The summed E-state index contributed by atoms with van der Waals surface area (Å²) >= 11 is 0. The normalized spacial score (nSPS) is 12.2. The van der Waals surface area contributed by atoms with Crippen LogP contribution in [0.15, 0.2) is 18.2 Å². The highest BCUT2D eigenvalue weighted by atomic mass is 16.1. The lowest BCUT2D eigenvalue weighted by Gasteiger charge is -2.14. The molecule has 1 N–H and O–H groups in total. The number of anilines is 1. The second-order valence-electron chi connectivity index (χ2n) is 4.68. The van der Waals surface area contributed by atoms with Gasteiger partial charge in [0.25, 0.3) is 0 Å². The molecule has 0 spiro atoms. The van der Waals surface area contributed by atoms with E-state index in [4.69, 9.17) is 0 Å². The highest BCUT2D eigenvalue weighted by Gasteiger charge is 2.15. The average molecular weight is 233 g/mol. The van der Waals surface area contributed by atoms with Gasteiger partial charge in [-0.05, 0) is 49.9 Å². The Bertz CT molecular complexity index is 385. The van der Waals surface area contributed by atoms with Crippen molar-refractivity contribution in [3.05, 3.63) is 29.3 Å². The first-order chi connectivity index (χ1) is 8.08. The third-order valence-corrected chi connectivity index (χ3v) is 3.28. The quantitative estimate of drug-likeness (QED) is 0.816. The van der Waals surface area contributed by atoms with Crippen molar-refractivity contribution in [2.75, 3.05) is 5.32 Å². The van der Waals surface area contributed by atoms with Gasteiger partial charge in [-0.25, -0.2) is 0 Å². The fourth-order valence-corrected chi connectivity index (χ4v) is 1.93. The van der Waals surface area contributed by atoms with Crippen molar-refractivity contribution in [1.29, 1.82) is 0 Å². The van der Waals surface area contributed by atoms with Crippen LogP contribution in [0.2, 0.25) is 0 Å². The molecule has 0 saturated heterocycles. The van der Waals surface area contributed by atoms with E-state index < -0.39 is 0 Å². The number of amides is 1. The molecule has 17 heavy (non-hydrogen) atoms. The molecule has 0 aliphatic rings. The maximum atomic E-state index is 12.0. The van der Waals surface area contributed by atoms with Gasteiger partial charge in [0.2, 0.25) is 5.91 Å². The van der Waals surface area contributed by atoms with E-state index in [1.807, 2.05) is 18.2 Å². The molecule has 1 atom stereocenters. The third-order valence-electron chi connectivity index (χ3n) is 3.28. The van der Waals surface area contributed by atoms with Crippen LogP contribution in [0.4, 0.5) is 5.69 Å². The number of carbonyl (C=O) groups is 1. The SMILES string of the molecule is CCCC(CC)C(=O)Nc1ccc(C)c(C)c1. The fourth-order valence-electron chi connectivity index (χ4n) is 1.93. The van der Waals surface area contributed by atoms with E-state index >= 15 is 0 Å². The van der Waals surface area contributed by atoms with E-state index in [2.05, 4.69) is 33.0 Å². The molecule has 1 aromatic rings. The van der Waals surface area contributed by atoms with Gasteiger partial charge >= 0.3 is 0 Å². The molecule has 0 saturated carbocycles. The predicted octanol–water partition coefficient (Wildman–Crippen LogP) is 4.07. The van der Waals surface area contributed by atoms with E-state index in [9.17, 15) is 4.79 Å². The first-order valence-electron chi connectivity index (χ1n) is 6.46. The van der Waals surface area contributed by atoms with E-state index in [-0.39, 0.29) is 11.8 Å². The molecule has 94 valence electrons. The van der Waals surface area contributed by atoms with Gasteiger partial charge in [-0.15, -0.1) is 0 Å². The molecule has 0 aliphatic carbocycles. The molecule has 0 bridgehead atoms. The maximum absolute atomic E-state index is 12.0. The molecule has 0 aromatic heterocycles. The highest BCUT2D eigenvalue weighted by Crippen LogP contribution is 2.17. The van der Waals surface area contributed by atoms with Gasteiger partial charge in [0.15, 0.2) is 0 Å². The summed E-state index contributed by atoms with van der Waals surface area (Å²) in [4.78, 5) is 12.0. The van der Waals surface area contributed by atoms with Crippen molar-refractivity contribution < 1.29 is 4.79 Å². The van der Waals surface area contributed by atoms with Crippen LogP contribution < -0.4 is 5.32 Å². The molecule has 0 fully saturated rings. The van der Waals surface area contributed by atoms with E-state index in [0.717, 1.165) is 24.9 Å². The van der Waals surface area contributed by atoms with Crippen LogP contribution in [-0.4, -0.2) is 5.91 Å². The van der Waals surface area contributed by atoms with Gasteiger partial charge in [0.1, 0.15) is 0 Å². The van der Waals surface area contributed by atoms with Crippen LogP contribution in [0.1, 0.15) is 44.2 Å². The first-order valence-corrected chi connectivity index (χ1v) is 6.46. The van der Waals surface area contributed by atoms with Crippen LogP contribution in [0, 0.1) is 19.8 Å². The molecular weight excluding hydrogens is 210 g/mol. The summed E-state index contributed by atoms with van der Waals surface area (Å²) in [5.74, 6) is 0.291. The number of aryl methyl sites for hydroxylation is 2. The molecule has 1 amide bonds. The summed E-state index contributed by atoms with van der Waals surface area (Å²) in [6, 6.07) is 6.05. The summed E-state index contributed by atoms with van der Waals surface area (Å²) in [7, 11) is 0. The van der Waals surface area contributed by atoms with E-state index in [0.29, 0.717) is 0 Å². The molecular formula is C15H23NO. The molecule has 1 aromatic carbocycles.